The highest BCUT2D eigenvalue weighted by Gasteiger charge is 2.16. The Morgan fingerprint density at radius 1 is 1.22 bits per heavy atom. The number of nitrogens with zero attached hydrogens (tertiary/aromatic N) is 1. The van der Waals surface area contributed by atoms with Crippen LogP contribution in [0.1, 0.15) is 20.9 Å². The number of nitrogens with one attached hydrogen (secondary N) is 2. The summed E-state index contributed by atoms with van der Waals surface area (Å²) in [5, 5.41) is 5.68. The Kier molecular flexibility index (Phi) is 4.97. The molecule has 6 heteroatoms. The summed E-state index contributed by atoms with van der Waals surface area (Å²) in [5.74, 6) is -0.0787. The smallest absolute Gasteiger partial charge is 0.263 e. The maximum atomic E-state index is 12.6. The van der Waals surface area contributed by atoms with Crippen LogP contribution in [-0.4, -0.2) is 22.4 Å². The fraction of sp³-hybridized carbons (Fsp3) is 0.143. The average molecular weight is 396 g/mol. The van der Waals surface area contributed by atoms with Crippen molar-refractivity contribution in [1.82, 2.24) is 15.3 Å². The Morgan fingerprint density at radius 2 is 2.04 bits per heavy atom. The van der Waals surface area contributed by atoms with Crippen molar-refractivity contribution in [1.29, 1.82) is 0 Å². The van der Waals surface area contributed by atoms with Crippen molar-refractivity contribution in [3.8, 4) is 10.6 Å². The number of thiazole rings is 1. The van der Waals surface area contributed by atoms with E-state index in [-0.39, 0.29) is 5.91 Å². The van der Waals surface area contributed by atoms with E-state index in [0.717, 1.165) is 39.2 Å². The quantitative estimate of drug-likeness (QED) is 0.486. The molecule has 1 amide bonds. The van der Waals surface area contributed by atoms with Gasteiger partial charge in [-0.15, -0.1) is 11.3 Å². The lowest BCUT2D eigenvalue weighted by Gasteiger charge is -2.04. The van der Waals surface area contributed by atoms with Crippen molar-refractivity contribution in [3.05, 3.63) is 75.9 Å². The second-order valence-electron chi connectivity index (χ2n) is 6.31. The van der Waals surface area contributed by atoms with E-state index in [1.54, 1.807) is 0 Å². The molecule has 4 nitrogen and oxygen atoms in total. The zero-order chi connectivity index (χ0) is 18.8. The van der Waals surface area contributed by atoms with Crippen molar-refractivity contribution in [2.75, 3.05) is 6.54 Å². The third-order valence-corrected chi connectivity index (χ3v) is 5.87. The third-order valence-electron chi connectivity index (χ3n) is 4.43. The molecule has 2 aromatic carbocycles. The number of hydrogen-bond donors (Lipinski definition) is 2. The Balaban J connectivity index is 1.44. The van der Waals surface area contributed by atoms with E-state index < -0.39 is 0 Å². The van der Waals surface area contributed by atoms with Crippen molar-refractivity contribution in [3.63, 3.8) is 0 Å². The van der Waals surface area contributed by atoms with E-state index in [2.05, 4.69) is 15.3 Å². The highest BCUT2D eigenvalue weighted by atomic mass is 35.5. The molecule has 0 saturated carbocycles. The van der Waals surface area contributed by atoms with Gasteiger partial charge in [-0.05, 0) is 37.1 Å². The predicted octanol–water partition coefficient (Wildman–Crippen LogP) is 5.23. The summed E-state index contributed by atoms with van der Waals surface area (Å²) in [7, 11) is 0. The van der Waals surface area contributed by atoms with Crippen LogP contribution in [0.5, 0.6) is 0 Å². The van der Waals surface area contributed by atoms with Crippen LogP contribution in [0.25, 0.3) is 21.5 Å². The molecule has 136 valence electrons. The van der Waals surface area contributed by atoms with Crippen LogP contribution in [0.3, 0.4) is 0 Å². The monoisotopic (exact) mass is 395 g/mol. The average Bonchev–Trinajstić information content (AvgIpc) is 3.26. The summed E-state index contributed by atoms with van der Waals surface area (Å²) in [5.41, 5.74) is 3.97. The summed E-state index contributed by atoms with van der Waals surface area (Å²) in [6.07, 6.45) is 2.70. The molecule has 0 fully saturated rings. The van der Waals surface area contributed by atoms with Crippen LogP contribution in [-0.2, 0) is 6.42 Å². The molecule has 4 aromatic rings. The number of fused-ring (bicyclic) bond motifs is 1. The highest BCUT2D eigenvalue weighted by molar-refractivity contribution is 7.17. The van der Waals surface area contributed by atoms with Gasteiger partial charge in [-0.2, -0.15) is 0 Å². The maximum absolute atomic E-state index is 12.6. The Bertz CT molecular complexity index is 1100. The molecule has 0 radical (unpaired) electrons. The number of aromatic amines is 1. The number of H-pyrrole nitrogens is 1. The molecule has 0 saturated heterocycles. The van der Waals surface area contributed by atoms with Gasteiger partial charge < -0.3 is 10.3 Å². The van der Waals surface area contributed by atoms with Gasteiger partial charge in [0.15, 0.2) is 0 Å². The molecule has 2 N–H and O–H groups in total. The Labute approximate surface area is 166 Å². The van der Waals surface area contributed by atoms with Crippen LogP contribution in [0, 0.1) is 6.92 Å². The molecule has 0 bridgehead atoms. The van der Waals surface area contributed by atoms with E-state index in [0.29, 0.717) is 16.4 Å². The van der Waals surface area contributed by atoms with Crippen LogP contribution in [0.2, 0.25) is 5.02 Å². The van der Waals surface area contributed by atoms with Gasteiger partial charge in [0.1, 0.15) is 9.88 Å². The van der Waals surface area contributed by atoms with Crippen molar-refractivity contribution >= 4 is 39.7 Å². The number of rotatable bonds is 5. The Hall–Kier alpha value is -2.63. The molecule has 2 heterocycles. The minimum Gasteiger partial charge on any atom is -0.361 e. The predicted molar refractivity (Wildman–Crippen MR) is 112 cm³/mol. The van der Waals surface area contributed by atoms with E-state index in [1.807, 2.05) is 61.7 Å². The molecule has 0 aliphatic heterocycles. The van der Waals surface area contributed by atoms with E-state index in [9.17, 15) is 4.79 Å². The van der Waals surface area contributed by atoms with Gasteiger partial charge in [0.2, 0.25) is 0 Å². The SMILES string of the molecule is Cc1nc(-c2ccccc2)sc1C(=O)NCCc1c[nH]c2ccc(Cl)cc12. The van der Waals surface area contributed by atoms with Gasteiger partial charge in [0.25, 0.3) is 5.91 Å². The van der Waals surface area contributed by atoms with Crippen LogP contribution < -0.4 is 5.32 Å². The Morgan fingerprint density at radius 3 is 2.85 bits per heavy atom. The van der Waals surface area contributed by atoms with Crippen LogP contribution >= 0.6 is 22.9 Å². The highest BCUT2D eigenvalue weighted by Crippen LogP contribution is 2.27. The first-order valence-corrected chi connectivity index (χ1v) is 9.88. The lowest BCUT2D eigenvalue weighted by molar-refractivity contribution is 0.0957. The fourth-order valence-electron chi connectivity index (χ4n) is 3.06. The first-order valence-electron chi connectivity index (χ1n) is 8.68. The number of aromatic nitrogens is 2. The summed E-state index contributed by atoms with van der Waals surface area (Å²) >= 11 is 7.52. The molecular weight excluding hydrogens is 378 g/mol. The number of halogens is 1. The molecule has 0 spiro atoms. The van der Waals surface area contributed by atoms with Gasteiger partial charge in [-0.1, -0.05) is 41.9 Å². The minimum absolute atomic E-state index is 0.0787. The van der Waals surface area contributed by atoms with Gasteiger partial charge in [-0.25, -0.2) is 4.98 Å². The van der Waals surface area contributed by atoms with Crippen molar-refractivity contribution < 1.29 is 4.79 Å². The maximum Gasteiger partial charge on any atom is 0.263 e. The lowest BCUT2D eigenvalue weighted by Crippen LogP contribution is -2.25. The van der Waals surface area contributed by atoms with Crippen LogP contribution in [0.15, 0.2) is 54.7 Å². The number of carbonyl (C=O) groups excluding carboxylic acids is 1. The zero-order valence-electron chi connectivity index (χ0n) is 14.8. The minimum atomic E-state index is -0.0787. The fourth-order valence-corrected chi connectivity index (χ4v) is 4.22. The largest absolute Gasteiger partial charge is 0.361 e. The zero-order valence-corrected chi connectivity index (χ0v) is 16.3. The number of carbonyl (C=O) groups is 1. The summed E-state index contributed by atoms with van der Waals surface area (Å²) in [4.78, 5) is 21.0. The number of benzene rings is 2. The third kappa shape index (κ3) is 3.75. The molecule has 0 unspecified atom stereocenters. The van der Waals surface area contributed by atoms with Gasteiger partial charge in [0.05, 0.1) is 5.69 Å². The number of hydrogen-bond acceptors (Lipinski definition) is 3. The normalized spacial score (nSPS) is 11.0. The van der Waals surface area contributed by atoms with Gasteiger partial charge in [-0.3, -0.25) is 4.79 Å². The van der Waals surface area contributed by atoms with Crippen molar-refractivity contribution in [2.24, 2.45) is 0 Å². The summed E-state index contributed by atoms with van der Waals surface area (Å²) < 4.78 is 0. The number of amides is 1. The molecular formula is C21H18ClN3OS. The van der Waals surface area contributed by atoms with Gasteiger partial charge in [0, 0.05) is 34.2 Å². The van der Waals surface area contributed by atoms with E-state index in [1.165, 1.54) is 11.3 Å². The van der Waals surface area contributed by atoms with Crippen molar-refractivity contribution in [2.45, 2.75) is 13.3 Å². The molecule has 0 atom stereocenters. The summed E-state index contributed by atoms with van der Waals surface area (Å²) in [6, 6.07) is 15.7. The summed E-state index contributed by atoms with van der Waals surface area (Å²) in [6.45, 7) is 2.43. The molecule has 0 aliphatic carbocycles. The van der Waals surface area contributed by atoms with E-state index >= 15 is 0 Å². The first-order chi connectivity index (χ1) is 13.1. The van der Waals surface area contributed by atoms with E-state index in [4.69, 9.17) is 11.6 Å². The molecule has 0 aliphatic rings. The second-order valence-corrected chi connectivity index (χ2v) is 7.74. The topological polar surface area (TPSA) is 57.8 Å². The molecule has 2 aromatic heterocycles. The van der Waals surface area contributed by atoms with Gasteiger partial charge >= 0.3 is 0 Å². The number of aryl methyl sites for hydroxylation is 1. The molecule has 4 rings (SSSR count). The van der Waals surface area contributed by atoms with Crippen LogP contribution in [0.4, 0.5) is 0 Å². The second kappa shape index (κ2) is 7.55. The first kappa shape index (κ1) is 17.8. The lowest BCUT2D eigenvalue weighted by atomic mass is 10.1. The molecule has 27 heavy (non-hydrogen) atoms. The standard InChI is InChI=1S/C21H18ClN3OS/c1-13-19(27-21(25-13)14-5-3-2-4-6-14)20(26)23-10-9-15-12-24-18-8-7-16(22)11-17(15)18/h2-8,11-12,24H,9-10H2,1H3,(H,23,26).